The average Bonchev–Trinajstić information content (AvgIpc) is 2.16. The Balaban J connectivity index is 2.95. The molecule has 0 spiro atoms. The van der Waals surface area contributed by atoms with Crippen molar-refractivity contribution in [3.05, 3.63) is 23.3 Å². The van der Waals surface area contributed by atoms with E-state index < -0.39 is 0 Å². The number of rotatable bonds is 3. The van der Waals surface area contributed by atoms with Crippen LogP contribution >= 0.6 is 0 Å². The Labute approximate surface area is 78.1 Å². The van der Waals surface area contributed by atoms with Crippen LogP contribution in [0.1, 0.15) is 30.1 Å². The van der Waals surface area contributed by atoms with Crippen molar-refractivity contribution in [3.8, 4) is 0 Å². The third-order valence-electron chi connectivity index (χ3n) is 2.04. The van der Waals surface area contributed by atoms with Crippen molar-refractivity contribution in [3.63, 3.8) is 0 Å². The number of hydrogen-bond acceptors (Lipinski definition) is 4. The van der Waals surface area contributed by atoms with Gasteiger partial charge in [0.25, 0.3) is 0 Å². The minimum Gasteiger partial charge on any atom is -0.374 e. The zero-order valence-corrected chi connectivity index (χ0v) is 8.24. The van der Waals surface area contributed by atoms with E-state index in [0.717, 1.165) is 11.3 Å². The fraction of sp³-hybridized carbons (Fsp3) is 0.556. The van der Waals surface area contributed by atoms with Crippen LogP contribution in [-0.2, 0) is 11.3 Å². The Morgan fingerprint density at radius 2 is 2.31 bits per heavy atom. The highest BCUT2D eigenvalue weighted by Crippen LogP contribution is 2.12. The van der Waals surface area contributed by atoms with Crippen LogP contribution in [0.25, 0.3) is 0 Å². The van der Waals surface area contributed by atoms with Crippen LogP contribution in [-0.4, -0.2) is 17.1 Å². The summed E-state index contributed by atoms with van der Waals surface area (Å²) in [5.74, 6) is 0.706. The molecule has 0 bridgehead atoms. The molecule has 0 radical (unpaired) electrons. The molecule has 0 saturated heterocycles. The predicted octanol–water partition coefficient (Wildman–Crippen LogP) is 0.951. The van der Waals surface area contributed by atoms with Crippen molar-refractivity contribution in [1.82, 2.24) is 9.97 Å². The van der Waals surface area contributed by atoms with Gasteiger partial charge in [-0.15, -0.1) is 0 Å². The Hall–Kier alpha value is -1.00. The molecule has 0 amide bonds. The maximum absolute atomic E-state index is 5.50. The lowest BCUT2D eigenvalue weighted by Gasteiger charge is -2.09. The summed E-state index contributed by atoms with van der Waals surface area (Å²) >= 11 is 0. The lowest BCUT2D eigenvalue weighted by atomic mass is 10.2. The summed E-state index contributed by atoms with van der Waals surface area (Å²) in [7, 11) is 1.64. The van der Waals surface area contributed by atoms with Crippen LogP contribution in [0.3, 0.4) is 0 Å². The topological polar surface area (TPSA) is 61.0 Å². The van der Waals surface area contributed by atoms with Crippen molar-refractivity contribution in [2.45, 2.75) is 26.5 Å². The molecule has 72 valence electrons. The molecule has 0 aromatic carbocycles. The summed E-state index contributed by atoms with van der Waals surface area (Å²) in [5.41, 5.74) is 7.40. The van der Waals surface area contributed by atoms with Gasteiger partial charge in [0.1, 0.15) is 6.10 Å². The van der Waals surface area contributed by atoms with Crippen molar-refractivity contribution in [2.24, 2.45) is 5.73 Å². The number of nitrogens with zero attached hydrogens (tertiary/aromatic N) is 2. The van der Waals surface area contributed by atoms with Crippen molar-refractivity contribution >= 4 is 0 Å². The molecule has 1 aromatic heterocycles. The lowest BCUT2D eigenvalue weighted by molar-refractivity contribution is 0.112. The molecular formula is C9H15N3O. The highest BCUT2D eigenvalue weighted by molar-refractivity contribution is 5.16. The van der Waals surface area contributed by atoms with E-state index in [9.17, 15) is 0 Å². The molecule has 1 rings (SSSR count). The van der Waals surface area contributed by atoms with E-state index in [1.165, 1.54) is 0 Å². The third kappa shape index (κ3) is 2.23. The van der Waals surface area contributed by atoms with E-state index in [1.807, 2.05) is 13.8 Å². The van der Waals surface area contributed by atoms with Crippen LogP contribution < -0.4 is 5.73 Å². The molecule has 0 fully saturated rings. The highest BCUT2D eigenvalue weighted by Gasteiger charge is 2.08. The van der Waals surface area contributed by atoms with Gasteiger partial charge in [0, 0.05) is 31.1 Å². The van der Waals surface area contributed by atoms with Crippen LogP contribution in [0.2, 0.25) is 0 Å². The zero-order chi connectivity index (χ0) is 9.84. The van der Waals surface area contributed by atoms with Crippen molar-refractivity contribution < 1.29 is 4.74 Å². The average molecular weight is 181 g/mol. The molecule has 4 nitrogen and oxygen atoms in total. The summed E-state index contributed by atoms with van der Waals surface area (Å²) in [5, 5.41) is 0. The second kappa shape index (κ2) is 4.30. The number of aryl methyl sites for hydroxylation is 1. The summed E-state index contributed by atoms with van der Waals surface area (Å²) in [6.45, 7) is 4.32. The normalized spacial score (nSPS) is 12.9. The number of aromatic nitrogens is 2. The van der Waals surface area contributed by atoms with E-state index in [-0.39, 0.29) is 6.10 Å². The maximum Gasteiger partial charge on any atom is 0.157 e. The largest absolute Gasteiger partial charge is 0.374 e. The van der Waals surface area contributed by atoms with Crippen LogP contribution in [0, 0.1) is 6.92 Å². The van der Waals surface area contributed by atoms with Gasteiger partial charge in [-0.25, -0.2) is 9.97 Å². The molecule has 13 heavy (non-hydrogen) atoms. The fourth-order valence-corrected chi connectivity index (χ4v) is 1.01. The van der Waals surface area contributed by atoms with Gasteiger partial charge in [-0.2, -0.15) is 0 Å². The molecule has 0 aliphatic carbocycles. The van der Waals surface area contributed by atoms with Crippen LogP contribution in [0.15, 0.2) is 6.20 Å². The number of ether oxygens (including phenoxy) is 1. The second-order valence-corrected chi connectivity index (χ2v) is 2.92. The van der Waals surface area contributed by atoms with E-state index in [4.69, 9.17) is 10.5 Å². The summed E-state index contributed by atoms with van der Waals surface area (Å²) in [6, 6.07) is 0. The van der Waals surface area contributed by atoms with Gasteiger partial charge in [0.2, 0.25) is 0 Å². The molecule has 0 aliphatic heterocycles. The first-order valence-corrected chi connectivity index (χ1v) is 4.24. The molecule has 0 saturated carbocycles. The Morgan fingerprint density at radius 1 is 1.62 bits per heavy atom. The first kappa shape index (κ1) is 10.1. The monoisotopic (exact) mass is 181 g/mol. The fourth-order valence-electron chi connectivity index (χ4n) is 1.01. The van der Waals surface area contributed by atoms with Gasteiger partial charge < -0.3 is 10.5 Å². The first-order valence-electron chi connectivity index (χ1n) is 4.24. The molecule has 4 heteroatoms. The van der Waals surface area contributed by atoms with E-state index in [1.54, 1.807) is 13.3 Å². The Morgan fingerprint density at radius 3 is 2.77 bits per heavy atom. The van der Waals surface area contributed by atoms with Crippen LogP contribution in [0.5, 0.6) is 0 Å². The van der Waals surface area contributed by atoms with Crippen molar-refractivity contribution in [2.75, 3.05) is 7.11 Å². The molecule has 0 aliphatic rings. The maximum atomic E-state index is 5.50. The minimum atomic E-state index is -0.0643. The lowest BCUT2D eigenvalue weighted by Crippen LogP contribution is -2.08. The standard InChI is InChI=1S/C9H15N3O/c1-6-8(4-10)5-11-9(12-6)7(2)13-3/h5,7H,4,10H2,1-3H3. The number of hydrogen-bond donors (Lipinski definition) is 1. The predicted molar refractivity (Wildman–Crippen MR) is 50.1 cm³/mol. The third-order valence-corrected chi connectivity index (χ3v) is 2.04. The van der Waals surface area contributed by atoms with Gasteiger partial charge in [-0.3, -0.25) is 0 Å². The molecule has 1 heterocycles. The Bertz CT molecular complexity index is 288. The highest BCUT2D eigenvalue weighted by atomic mass is 16.5. The molecule has 1 unspecified atom stereocenters. The van der Waals surface area contributed by atoms with Gasteiger partial charge in [0.05, 0.1) is 0 Å². The molecule has 2 N–H and O–H groups in total. The van der Waals surface area contributed by atoms with E-state index in [2.05, 4.69) is 9.97 Å². The minimum absolute atomic E-state index is 0.0643. The first-order chi connectivity index (χ1) is 6.19. The van der Waals surface area contributed by atoms with E-state index >= 15 is 0 Å². The van der Waals surface area contributed by atoms with E-state index in [0.29, 0.717) is 12.4 Å². The second-order valence-electron chi connectivity index (χ2n) is 2.92. The quantitative estimate of drug-likeness (QED) is 0.754. The smallest absolute Gasteiger partial charge is 0.157 e. The summed E-state index contributed by atoms with van der Waals surface area (Å²) in [4.78, 5) is 8.46. The van der Waals surface area contributed by atoms with Gasteiger partial charge in [0.15, 0.2) is 5.82 Å². The molecular weight excluding hydrogens is 166 g/mol. The zero-order valence-electron chi connectivity index (χ0n) is 8.24. The van der Waals surface area contributed by atoms with Crippen molar-refractivity contribution in [1.29, 1.82) is 0 Å². The molecule has 1 atom stereocenters. The SMILES string of the molecule is COC(C)c1ncc(CN)c(C)n1. The van der Waals surface area contributed by atoms with Gasteiger partial charge in [-0.1, -0.05) is 0 Å². The number of methoxy groups -OCH3 is 1. The Kier molecular flexibility index (Phi) is 3.33. The summed E-state index contributed by atoms with van der Waals surface area (Å²) < 4.78 is 5.11. The van der Waals surface area contributed by atoms with Crippen LogP contribution in [0.4, 0.5) is 0 Å². The molecule has 1 aromatic rings. The summed E-state index contributed by atoms with van der Waals surface area (Å²) in [6.07, 6.45) is 1.69. The van der Waals surface area contributed by atoms with Gasteiger partial charge >= 0.3 is 0 Å². The number of nitrogens with two attached hydrogens (primary N) is 1. The van der Waals surface area contributed by atoms with Gasteiger partial charge in [-0.05, 0) is 13.8 Å².